The molecule has 3 aromatic rings. The Labute approximate surface area is 257 Å². The van der Waals surface area contributed by atoms with Crippen LogP contribution < -0.4 is 19.1 Å². The lowest BCUT2D eigenvalue weighted by Gasteiger charge is -2.33. The molecule has 0 unspecified atom stereocenters. The second-order valence-electron chi connectivity index (χ2n) is 9.48. The van der Waals surface area contributed by atoms with E-state index in [-0.39, 0.29) is 17.3 Å². The third-order valence-corrected chi connectivity index (χ3v) is 8.88. The van der Waals surface area contributed by atoms with Gasteiger partial charge in [0.05, 0.1) is 24.3 Å². The number of benzene rings is 3. The van der Waals surface area contributed by atoms with Gasteiger partial charge in [0, 0.05) is 17.6 Å². The molecule has 0 aliphatic carbocycles. The van der Waals surface area contributed by atoms with Gasteiger partial charge in [0.15, 0.2) is 0 Å². The van der Waals surface area contributed by atoms with Gasteiger partial charge in [-0.25, -0.2) is 8.42 Å². The van der Waals surface area contributed by atoms with Crippen LogP contribution >= 0.6 is 15.9 Å². The molecule has 0 heterocycles. The van der Waals surface area contributed by atoms with Crippen LogP contribution in [0.2, 0.25) is 0 Å². The number of sulfonamides is 1. The zero-order valence-corrected chi connectivity index (χ0v) is 26.8. The predicted molar refractivity (Wildman–Crippen MR) is 167 cm³/mol. The molecule has 1 N–H and O–H groups in total. The smallest absolute Gasteiger partial charge is 0.264 e. The number of carbonyl (C=O) groups excluding carboxylic acids is 2. The lowest BCUT2D eigenvalue weighted by Crippen LogP contribution is -2.52. The first kappa shape index (κ1) is 32.9. The molecule has 0 bridgehead atoms. The van der Waals surface area contributed by atoms with Crippen molar-refractivity contribution in [2.75, 3.05) is 31.1 Å². The molecule has 0 aliphatic heterocycles. The summed E-state index contributed by atoms with van der Waals surface area (Å²) in [6.45, 7) is 6.15. The number of nitrogens with zero attached hydrogens (tertiary/aromatic N) is 2. The minimum absolute atomic E-state index is 0.0295. The van der Waals surface area contributed by atoms with Crippen LogP contribution in [0.1, 0.15) is 39.2 Å². The van der Waals surface area contributed by atoms with Crippen LogP contribution in [0.25, 0.3) is 0 Å². The molecule has 0 fully saturated rings. The van der Waals surface area contributed by atoms with Crippen molar-refractivity contribution in [2.24, 2.45) is 0 Å². The average molecular weight is 661 g/mol. The van der Waals surface area contributed by atoms with E-state index in [1.54, 1.807) is 55.6 Å². The van der Waals surface area contributed by atoms with E-state index in [1.165, 1.54) is 17.0 Å². The summed E-state index contributed by atoms with van der Waals surface area (Å²) in [7, 11) is -2.60. The van der Waals surface area contributed by atoms with Crippen LogP contribution in [0.4, 0.5) is 5.69 Å². The van der Waals surface area contributed by atoms with Gasteiger partial charge in [-0.15, -0.1) is 0 Å². The Balaban J connectivity index is 2.04. The van der Waals surface area contributed by atoms with Crippen LogP contribution in [0, 0.1) is 0 Å². The number of carbonyl (C=O) groups is 2. The topological polar surface area (TPSA) is 105 Å². The Morgan fingerprint density at radius 1 is 0.905 bits per heavy atom. The molecule has 0 saturated carbocycles. The van der Waals surface area contributed by atoms with Gasteiger partial charge in [0.1, 0.15) is 24.1 Å². The van der Waals surface area contributed by atoms with E-state index < -0.39 is 28.5 Å². The van der Waals surface area contributed by atoms with Crippen molar-refractivity contribution in [3.63, 3.8) is 0 Å². The number of halogens is 1. The number of hydrogen-bond acceptors (Lipinski definition) is 6. The van der Waals surface area contributed by atoms with Crippen molar-refractivity contribution in [3.05, 3.63) is 82.8 Å². The minimum atomic E-state index is -4.17. The van der Waals surface area contributed by atoms with Gasteiger partial charge in [0.2, 0.25) is 11.8 Å². The molecule has 0 aromatic heterocycles. The molecule has 0 radical (unpaired) electrons. The zero-order valence-electron chi connectivity index (χ0n) is 24.4. The maximum Gasteiger partial charge on any atom is 0.264 e. The number of rotatable bonds is 15. The first-order valence-electron chi connectivity index (χ1n) is 13.9. The zero-order chi connectivity index (χ0) is 30.7. The van der Waals surface area contributed by atoms with Crippen molar-refractivity contribution in [1.82, 2.24) is 10.2 Å². The van der Waals surface area contributed by atoms with Crippen molar-refractivity contribution in [2.45, 2.75) is 51.1 Å². The highest BCUT2D eigenvalue weighted by Gasteiger charge is 2.33. The van der Waals surface area contributed by atoms with E-state index in [0.29, 0.717) is 36.8 Å². The largest absolute Gasteiger partial charge is 0.497 e. The van der Waals surface area contributed by atoms with Crippen LogP contribution in [-0.4, -0.2) is 58.0 Å². The fraction of sp³-hybridized carbons (Fsp3) is 0.355. The number of anilines is 1. The SMILES string of the molecule is CCCNC(=O)[C@@H](CC)N(Cc1ccc(OC)cc1)C(=O)CN(c1ccc(OCC)cc1)S(=O)(=O)c1ccc(Br)cc1. The summed E-state index contributed by atoms with van der Waals surface area (Å²) in [6.07, 6.45) is 1.09. The Morgan fingerprint density at radius 2 is 1.52 bits per heavy atom. The number of ether oxygens (including phenoxy) is 2. The van der Waals surface area contributed by atoms with Gasteiger partial charge in [-0.05, 0) is 86.0 Å². The number of amides is 2. The van der Waals surface area contributed by atoms with E-state index >= 15 is 0 Å². The van der Waals surface area contributed by atoms with Crippen molar-refractivity contribution in [1.29, 1.82) is 0 Å². The molecule has 2 amide bonds. The molecule has 226 valence electrons. The van der Waals surface area contributed by atoms with Crippen molar-refractivity contribution >= 4 is 43.5 Å². The maximum absolute atomic E-state index is 14.1. The normalized spacial score (nSPS) is 11.8. The monoisotopic (exact) mass is 659 g/mol. The highest BCUT2D eigenvalue weighted by Crippen LogP contribution is 2.28. The van der Waals surface area contributed by atoms with E-state index in [4.69, 9.17) is 9.47 Å². The van der Waals surface area contributed by atoms with Gasteiger partial charge in [0.25, 0.3) is 10.0 Å². The average Bonchev–Trinajstić information content (AvgIpc) is 2.99. The number of hydrogen-bond donors (Lipinski definition) is 1. The molecule has 0 saturated heterocycles. The fourth-order valence-electron chi connectivity index (χ4n) is 4.35. The highest BCUT2D eigenvalue weighted by atomic mass is 79.9. The first-order valence-corrected chi connectivity index (χ1v) is 16.1. The molecule has 3 aromatic carbocycles. The molecule has 11 heteroatoms. The summed E-state index contributed by atoms with van der Waals surface area (Å²) in [6, 6.07) is 19.1. The number of methoxy groups -OCH3 is 1. The molecule has 1 atom stereocenters. The molecular weight excluding hydrogens is 622 g/mol. The van der Waals surface area contributed by atoms with Crippen LogP contribution in [0.15, 0.2) is 82.2 Å². The molecule has 0 aliphatic rings. The summed E-state index contributed by atoms with van der Waals surface area (Å²) < 4.78 is 40.5. The van der Waals surface area contributed by atoms with Crippen LogP contribution in [0.5, 0.6) is 11.5 Å². The third kappa shape index (κ3) is 8.48. The van der Waals surface area contributed by atoms with Gasteiger partial charge < -0.3 is 19.7 Å². The molecule has 3 rings (SSSR count). The Hall–Kier alpha value is -3.57. The standard InChI is InChI=1S/C31H38BrN3O6S/c1-5-20-33-31(37)29(6-2)34(21-23-8-14-26(40-4)15-9-23)30(36)22-35(25-12-16-27(17-13-25)41-7-3)42(38,39)28-18-10-24(32)11-19-28/h8-19,29H,5-7,20-22H2,1-4H3,(H,33,37)/t29-/m1/s1. The van der Waals surface area contributed by atoms with Crippen molar-refractivity contribution < 1.29 is 27.5 Å². The Kier molecular flexibility index (Phi) is 12.2. The maximum atomic E-state index is 14.1. The van der Waals surface area contributed by atoms with E-state index in [0.717, 1.165) is 20.8 Å². The lowest BCUT2D eigenvalue weighted by molar-refractivity contribution is -0.140. The van der Waals surface area contributed by atoms with Crippen LogP contribution in [-0.2, 0) is 26.2 Å². The summed E-state index contributed by atoms with van der Waals surface area (Å²) in [5.74, 6) is 0.434. The van der Waals surface area contributed by atoms with E-state index in [9.17, 15) is 18.0 Å². The second kappa shape index (κ2) is 15.6. The van der Waals surface area contributed by atoms with Gasteiger partial charge >= 0.3 is 0 Å². The molecule has 9 nitrogen and oxygen atoms in total. The summed E-state index contributed by atoms with van der Waals surface area (Å²) in [5.41, 5.74) is 1.07. The number of nitrogens with one attached hydrogen (secondary N) is 1. The summed E-state index contributed by atoms with van der Waals surface area (Å²) in [4.78, 5) is 28.8. The molecule has 42 heavy (non-hydrogen) atoms. The third-order valence-electron chi connectivity index (χ3n) is 6.56. The first-order chi connectivity index (χ1) is 20.1. The quantitative estimate of drug-likeness (QED) is 0.235. The highest BCUT2D eigenvalue weighted by molar-refractivity contribution is 9.10. The van der Waals surface area contributed by atoms with E-state index in [1.807, 2.05) is 32.9 Å². The summed E-state index contributed by atoms with van der Waals surface area (Å²) >= 11 is 3.34. The Morgan fingerprint density at radius 3 is 2.07 bits per heavy atom. The molecular formula is C31H38BrN3O6S. The lowest BCUT2D eigenvalue weighted by atomic mass is 10.1. The molecule has 0 spiro atoms. The van der Waals surface area contributed by atoms with Gasteiger partial charge in [-0.1, -0.05) is 41.9 Å². The van der Waals surface area contributed by atoms with Gasteiger partial charge in [-0.2, -0.15) is 0 Å². The predicted octanol–water partition coefficient (Wildman–Crippen LogP) is 5.39. The summed E-state index contributed by atoms with van der Waals surface area (Å²) in [5, 5.41) is 2.88. The minimum Gasteiger partial charge on any atom is -0.497 e. The van der Waals surface area contributed by atoms with Gasteiger partial charge in [-0.3, -0.25) is 13.9 Å². The van der Waals surface area contributed by atoms with Crippen molar-refractivity contribution in [3.8, 4) is 11.5 Å². The van der Waals surface area contributed by atoms with Crippen LogP contribution in [0.3, 0.4) is 0 Å². The second-order valence-corrected chi connectivity index (χ2v) is 12.3. The Bertz CT molecular complexity index is 1410. The fourth-order valence-corrected chi connectivity index (χ4v) is 6.03. The van der Waals surface area contributed by atoms with E-state index in [2.05, 4.69) is 21.2 Å².